The van der Waals surface area contributed by atoms with Gasteiger partial charge in [-0.05, 0) is 71.0 Å². The first kappa shape index (κ1) is 17.2. The number of nitrogens with zero attached hydrogens (tertiary/aromatic N) is 1. The van der Waals surface area contributed by atoms with Crippen molar-refractivity contribution < 1.29 is 9.84 Å². The smallest absolute Gasteiger partial charge is 0.0610 e. The van der Waals surface area contributed by atoms with Crippen LogP contribution in [-0.4, -0.2) is 61.5 Å². The van der Waals surface area contributed by atoms with Gasteiger partial charge in [0, 0.05) is 25.3 Å². The number of ether oxygens (including phenoxy) is 1. The minimum atomic E-state index is -0.0629. The molecule has 1 aliphatic carbocycles. The van der Waals surface area contributed by atoms with Crippen LogP contribution in [0, 0.1) is 5.92 Å². The van der Waals surface area contributed by atoms with E-state index >= 15 is 0 Å². The van der Waals surface area contributed by atoms with Crippen molar-refractivity contribution in [3.8, 4) is 0 Å². The molecule has 4 nitrogen and oxygen atoms in total. The number of methoxy groups -OCH3 is 1. The van der Waals surface area contributed by atoms with E-state index in [0.717, 1.165) is 18.9 Å². The number of hydrogen-bond acceptors (Lipinski definition) is 4. The molecule has 1 heterocycles. The molecule has 1 saturated heterocycles. The molecule has 1 atom stereocenters. The molecule has 0 aromatic heterocycles. The monoisotopic (exact) mass is 298 g/mol. The SMILES string of the molecule is COCC1CCN(CCCCC(C)(CO)NC2CC2)CC1. The van der Waals surface area contributed by atoms with Gasteiger partial charge >= 0.3 is 0 Å². The van der Waals surface area contributed by atoms with Gasteiger partial charge in [-0.2, -0.15) is 0 Å². The summed E-state index contributed by atoms with van der Waals surface area (Å²) >= 11 is 0. The summed E-state index contributed by atoms with van der Waals surface area (Å²) in [7, 11) is 1.81. The number of likely N-dealkylation sites (tertiary alicyclic amines) is 1. The van der Waals surface area contributed by atoms with Gasteiger partial charge in [0.15, 0.2) is 0 Å². The van der Waals surface area contributed by atoms with E-state index in [0.29, 0.717) is 6.04 Å². The molecular formula is C17H34N2O2. The van der Waals surface area contributed by atoms with Crippen LogP contribution in [0.1, 0.15) is 51.9 Å². The molecule has 2 fully saturated rings. The molecule has 2 aliphatic rings. The summed E-state index contributed by atoms with van der Waals surface area (Å²) in [6.07, 6.45) is 8.67. The van der Waals surface area contributed by atoms with Crippen LogP contribution in [0.3, 0.4) is 0 Å². The van der Waals surface area contributed by atoms with Gasteiger partial charge in [0.2, 0.25) is 0 Å². The average molecular weight is 298 g/mol. The first-order chi connectivity index (χ1) is 10.1. The molecule has 0 aromatic rings. The summed E-state index contributed by atoms with van der Waals surface area (Å²) in [5.74, 6) is 0.770. The van der Waals surface area contributed by atoms with E-state index in [2.05, 4.69) is 17.1 Å². The van der Waals surface area contributed by atoms with Crippen LogP contribution in [0.25, 0.3) is 0 Å². The fourth-order valence-corrected chi connectivity index (χ4v) is 3.38. The van der Waals surface area contributed by atoms with E-state index in [1.165, 1.54) is 58.2 Å². The summed E-state index contributed by atoms with van der Waals surface area (Å²) in [6.45, 7) is 7.02. The lowest BCUT2D eigenvalue weighted by atomic mass is 9.94. The number of rotatable bonds is 10. The van der Waals surface area contributed by atoms with Crippen LogP contribution in [-0.2, 0) is 4.74 Å². The first-order valence-electron chi connectivity index (χ1n) is 8.75. The highest BCUT2D eigenvalue weighted by molar-refractivity contribution is 4.92. The van der Waals surface area contributed by atoms with Crippen molar-refractivity contribution in [3.63, 3.8) is 0 Å². The van der Waals surface area contributed by atoms with Gasteiger partial charge in [-0.15, -0.1) is 0 Å². The second-order valence-electron chi connectivity index (χ2n) is 7.33. The van der Waals surface area contributed by atoms with Gasteiger partial charge < -0.3 is 20.1 Å². The fourth-order valence-electron chi connectivity index (χ4n) is 3.38. The molecule has 0 radical (unpaired) electrons. The normalized spacial score (nSPS) is 24.1. The van der Waals surface area contributed by atoms with Crippen molar-refractivity contribution in [1.29, 1.82) is 0 Å². The maximum absolute atomic E-state index is 9.60. The molecule has 1 aliphatic heterocycles. The molecule has 1 unspecified atom stereocenters. The van der Waals surface area contributed by atoms with Gasteiger partial charge in [-0.1, -0.05) is 6.42 Å². The van der Waals surface area contributed by atoms with E-state index in [4.69, 9.17) is 4.74 Å². The Morgan fingerprint density at radius 1 is 1.19 bits per heavy atom. The zero-order valence-electron chi connectivity index (χ0n) is 13.9. The number of unbranched alkanes of at least 4 members (excludes halogenated alkanes) is 1. The van der Waals surface area contributed by atoms with Gasteiger partial charge in [0.05, 0.1) is 6.61 Å². The van der Waals surface area contributed by atoms with Crippen LogP contribution in [0.15, 0.2) is 0 Å². The predicted molar refractivity (Wildman–Crippen MR) is 86.5 cm³/mol. The van der Waals surface area contributed by atoms with E-state index in [9.17, 15) is 5.11 Å². The van der Waals surface area contributed by atoms with E-state index in [-0.39, 0.29) is 12.1 Å². The third kappa shape index (κ3) is 6.23. The Balaban J connectivity index is 1.55. The van der Waals surface area contributed by atoms with Crippen LogP contribution in [0.5, 0.6) is 0 Å². The van der Waals surface area contributed by atoms with Crippen molar-refractivity contribution in [2.75, 3.05) is 40.0 Å². The molecule has 124 valence electrons. The second kappa shape index (κ2) is 8.47. The minimum Gasteiger partial charge on any atom is -0.394 e. The molecule has 0 amide bonds. The average Bonchev–Trinajstić information content (AvgIpc) is 3.29. The van der Waals surface area contributed by atoms with E-state index in [1.54, 1.807) is 7.11 Å². The summed E-state index contributed by atoms with van der Waals surface area (Å²) in [6, 6.07) is 0.668. The number of aliphatic hydroxyl groups excluding tert-OH is 1. The molecule has 21 heavy (non-hydrogen) atoms. The summed E-state index contributed by atoms with van der Waals surface area (Å²) in [4.78, 5) is 2.59. The first-order valence-corrected chi connectivity index (χ1v) is 8.75. The molecule has 0 aromatic carbocycles. The standard InChI is InChI=1S/C17H34N2O2/c1-17(14-20,18-16-5-6-16)9-3-4-10-19-11-7-15(8-12-19)13-21-2/h15-16,18,20H,3-14H2,1-2H3. The topological polar surface area (TPSA) is 44.7 Å². The molecule has 4 heteroatoms. The number of aliphatic hydroxyl groups is 1. The second-order valence-corrected chi connectivity index (χ2v) is 7.33. The number of hydrogen-bond donors (Lipinski definition) is 2. The van der Waals surface area contributed by atoms with Crippen molar-refractivity contribution in [2.45, 2.75) is 63.5 Å². The zero-order valence-corrected chi connectivity index (χ0v) is 13.9. The summed E-state index contributed by atoms with van der Waals surface area (Å²) in [5.41, 5.74) is -0.0629. The lowest BCUT2D eigenvalue weighted by Crippen LogP contribution is -2.47. The summed E-state index contributed by atoms with van der Waals surface area (Å²) in [5, 5.41) is 13.2. The number of nitrogens with one attached hydrogen (secondary N) is 1. The Bertz CT molecular complexity index is 289. The highest BCUT2D eigenvalue weighted by Crippen LogP contribution is 2.25. The number of piperidine rings is 1. The lowest BCUT2D eigenvalue weighted by Gasteiger charge is -2.32. The Hall–Kier alpha value is -0.160. The van der Waals surface area contributed by atoms with Gasteiger partial charge in [-0.25, -0.2) is 0 Å². The van der Waals surface area contributed by atoms with Gasteiger partial charge in [-0.3, -0.25) is 0 Å². The minimum absolute atomic E-state index is 0.0629. The van der Waals surface area contributed by atoms with Crippen molar-refractivity contribution >= 4 is 0 Å². The highest BCUT2D eigenvalue weighted by Gasteiger charge is 2.31. The molecule has 1 saturated carbocycles. The van der Waals surface area contributed by atoms with Crippen molar-refractivity contribution in [1.82, 2.24) is 10.2 Å². The van der Waals surface area contributed by atoms with E-state index in [1.807, 2.05) is 0 Å². The highest BCUT2D eigenvalue weighted by atomic mass is 16.5. The van der Waals surface area contributed by atoms with Crippen molar-refractivity contribution in [3.05, 3.63) is 0 Å². The quantitative estimate of drug-likeness (QED) is 0.606. The molecular weight excluding hydrogens is 264 g/mol. The Labute approximate surface area is 130 Å². The Morgan fingerprint density at radius 3 is 2.48 bits per heavy atom. The third-order valence-electron chi connectivity index (χ3n) is 5.04. The largest absolute Gasteiger partial charge is 0.394 e. The molecule has 0 spiro atoms. The van der Waals surface area contributed by atoms with Crippen molar-refractivity contribution in [2.24, 2.45) is 5.92 Å². The third-order valence-corrected chi connectivity index (χ3v) is 5.04. The lowest BCUT2D eigenvalue weighted by molar-refractivity contribution is 0.0978. The zero-order chi connectivity index (χ0) is 15.1. The van der Waals surface area contributed by atoms with E-state index < -0.39 is 0 Å². The molecule has 2 rings (SSSR count). The molecule has 0 bridgehead atoms. The summed E-state index contributed by atoms with van der Waals surface area (Å²) < 4.78 is 5.25. The van der Waals surface area contributed by atoms with Crippen LogP contribution in [0.4, 0.5) is 0 Å². The maximum Gasteiger partial charge on any atom is 0.0610 e. The van der Waals surface area contributed by atoms with Crippen LogP contribution in [0.2, 0.25) is 0 Å². The van der Waals surface area contributed by atoms with Crippen LogP contribution >= 0.6 is 0 Å². The van der Waals surface area contributed by atoms with Gasteiger partial charge in [0.25, 0.3) is 0 Å². The predicted octanol–water partition coefficient (Wildman–Crippen LogP) is 2.02. The van der Waals surface area contributed by atoms with Crippen LogP contribution < -0.4 is 5.32 Å². The molecule has 2 N–H and O–H groups in total. The Morgan fingerprint density at radius 2 is 1.90 bits per heavy atom. The Kier molecular flexibility index (Phi) is 6.93. The maximum atomic E-state index is 9.60. The van der Waals surface area contributed by atoms with Gasteiger partial charge in [0.1, 0.15) is 0 Å². The fraction of sp³-hybridized carbons (Fsp3) is 1.00.